The van der Waals surface area contributed by atoms with Crippen LogP contribution in [0, 0.1) is 6.92 Å². The number of benzene rings is 1. The second-order valence-electron chi connectivity index (χ2n) is 7.92. The number of amides is 1. The topological polar surface area (TPSA) is 65.0 Å². The van der Waals surface area contributed by atoms with Crippen molar-refractivity contribution in [3.05, 3.63) is 29.8 Å². The highest BCUT2D eigenvalue weighted by Gasteiger charge is 2.42. The van der Waals surface area contributed by atoms with Gasteiger partial charge in [-0.05, 0) is 44.4 Å². The predicted octanol–water partition coefficient (Wildman–Crippen LogP) is 1.16. The molecule has 0 saturated carbocycles. The fraction of sp³-hybridized carbons (Fsp3) is 0.650. The molecule has 6 nitrogen and oxygen atoms in total. The van der Waals surface area contributed by atoms with Gasteiger partial charge < -0.3 is 20.1 Å². The number of hydrogen-bond acceptors (Lipinski definition) is 5. The van der Waals surface area contributed by atoms with Crippen LogP contribution in [0.2, 0.25) is 0 Å². The van der Waals surface area contributed by atoms with Crippen LogP contribution in [-0.2, 0) is 9.53 Å². The van der Waals surface area contributed by atoms with E-state index in [1.807, 2.05) is 6.92 Å². The fourth-order valence-electron chi connectivity index (χ4n) is 4.07. The van der Waals surface area contributed by atoms with Crippen LogP contribution in [0.3, 0.4) is 0 Å². The Morgan fingerprint density at radius 1 is 1.31 bits per heavy atom. The largest absolute Gasteiger partial charge is 0.388 e. The van der Waals surface area contributed by atoms with E-state index in [9.17, 15) is 9.90 Å². The summed E-state index contributed by atoms with van der Waals surface area (Å²) in [5.74, 6) is -0.108. The summed E-state index contributed by atoms with van der Waals surface area (Å²) in [7, 11) is 1.63. The van der Waals surface area contributed by atoms with E-state index in [0.717, 1.165) is 32.5 Å². The average Bonchev–Trinajstić information content (AvgIpc) is 2.61. The first-order valence-corrected chi connectivity index (χ1v) is 9.46. The molecule has 6 heteroatoms. The fourth-order valence-corrected chi connectivity index (χ4v) is 4.07. The zero-order valence-electron chi connectivity index (χ0n) is 16.1. The molecule has 0 aromatic heterocycles. The Labute approximate surface area is 156 Å². The molecule has 144 valence electrons. The van der Waals surface area contributed by atoms with Gasteiger partial charge in [-0.25, -0.2) is 0 Å². The molecule has 1 amide bonds. The second kappa shape index (κ2) is 7.55. The first kappa shape index (κ1) is 19.1. The number of carbonyl (C=O) groups is 1. The van der Waals surface area contributed by atoms with E-state index in [1.54, 1.807) is 7.05 Å². The van der Waals surface area contributed by atoms with Gasteiger partial charge in [-0.15, -0.1) is 0 Å². The van der Waals surface area contributed by atoms with Gasteiger partial charge in [0.1, 0.15) is 0 Å². The summed E-state index contributed by atoms with van der Waals surface area (Å²) >= 11 is 0. The van der Waals surface area contributed by atoms with Gasteiger partial charge in [0, 0.05) is 45.5 Å². The van der Waals surface area contributed by atoms with Crippen LogP contribution < -0.4 is 10.2 Å². The van der Waals surface area contributed by atoms with Crippen molar-refractivity contribution in [2.45, 2.75) is 37.9 Å². The van der Waals surface area contributed by atoms with Crippen molar-refractivity contribution >= 4 is 11.6 Å². The molecular formula is C20H31N3O3. The van der Waals surface area contributed by atoms with Gasteiger partial charge in [-0.3, -0.25) is 9.69 Å². The predicted molar refractivity (Wildman–Crippen MR) is 102 cm³/mol. The zero-order chi connectivity index (χ0) is 18.8. The molecule has 1 atom stereocenters. The highest BCUT2D eigenvalue weighted by Crippen LogP contribution is 2.29. The lowest BCUT2D eigenvalue weighted by Crippen LogP contribution is -2.61. The highest BCUT2D eigenvalue weighted by atomic mass is 16.5. The number of piperidine rings is 1. The van der Waals surface area contributed by atoms with Crippen molar-refractivity contribution in [3.8, 4) is 0 Å². The third-order valence-corrected chi connectivity index (χ3v) is 5.64. The van der Waals surface area contributed by atoms with Crippen molar-refractivity contribution in [3.63, 3.8) is 0 Å². The SMILES string of the molecule is CNC(=O)[C@]1(C)CN(CC2(O)CCN(c3cccc(C)c3)CC2)CCO1. The highest BCUT2D eigenvalue weighted by molar-refractivity contribution is 5.84. The molecule has 0 radical (unpaired) electrons. The molecule has 0 unspecified atom stereocenters. The molecule has 0 bridgehead atoms. The van der Waals surface area contributed by atoms with Gasteiger partial charge in [0.25, 0.3) is 5.91 Å². The Kier molecular flexibility index (Phi) is 5.55. The van der Waals surface area contributed by atoms with Gasteiger partial charge in [0.15, 0.2) is 5.60 Å². The van der Waals surface area contributed by atoms with Crippen molar-refractivity contribution in [2.75, 3.05) is 51.3 Å². The van der Waals surface area contributed by atoms with Gasteiger partial charge in [-0.1, -0.05) is 12.1 Å². The van der Waals surface area contributed by atoms with Gasteiger partial charge in [-0.2, -0.15) is 0 Å². The lowest BCUT2D eigenvalue weighted by molar-refractivity contribution is -0.159. The number of hydrogen-bond donors (Lipinski definition) is 2. The minimum absolute atomic E-state index is 0.108. The summed E-state index contributed by atoms with van der Waals surface area (Å²) in [6.45, 7) is 7.97. The first-order chi connectivity index (χ1) is 12.3. The van der Waals surface area contributed by atoms with E-state index in [0.29, 0.717) is 19.7 Å². The van der Waals surface area contributed by atoms with Gasteiger partial charge in [0.2, 0.25) is 0 Å². The van der Waals surface area contributed by atoms with Crippen LogP contribution in [0.1, 0.15) is 25.3 Å². The number of β-amino-alcohol motifs (C(OH)–C–C–N with tert-alkyl or cyclic N) is 1. The number of nitrogens with one attached hydrogen (secondary N) is 1. The maximum Gasteiger partial charge on any atom is 0.253 e. The summed E-state index contributed by atoms with van der Waals surface area (Å²) in [6, 6.07) is 8.51. The summed E-state index contributed by atoms with van der Waals surface area (Å²) in [6.07, 6.45) is 1.46. The molecule has 3 rings (SSSR count). The number of anilines is 1. The normalized spacial score (nSPS) is 26.5. The number of ether oxygens (including phenoxy) is 1. The van der Waals surface area contributed by atoms with Crippen LogP contribution in [0.15, 0.2) is 24.3 Å². The molecule has 0 aliphatic carbocycles. The molecule has 26 heavy (non-hydrogen) atoms. The van der Waals surface area contributed by atoms with E-state index >= 15 is 0 Å². The third kappa shape index (κ3) is 4.19. The first-order valence-electron chi connectivity index (χ1n) is 9.46. The Bertz CT molecular complexity index is 643. The number of rotatable bonds is 4. The minimum atomic E-state index is -0.842. The monoisotopic (exact) mass is 361 g/mol. The number of carbonyl (C=O) groups excluding carboxylic acids is 1. The number of morpholine rings is 1. The maximum atomic E-state index is 12.1. The Hall–Kier alpha value is -1.63. The summed E-state index contributed by atoms with van der Waals surface area (Å²) in [5.41, 5.74) is 0.933. The van der Waals surface area contributed by atoms with E-state index in [1.165, 1.54) is 11.3 Å². The van der Waals surface area contributed by atoms with E-state index in [2.05, 4.69) is 46.3 Å². The van der Waals surface area contributed by atoms with Crippen molar-refractivity contribution in [1.29, 1.82) is 0 Å². The van der Waals surface area contributed by atoms with Crippen molar-refractivity contribution in [2.24, 2.45) is 0 Å². The molecule has 2 heterocycles. The quantitative estimate of drug-likeness (QED) is 0.843. The summed E-state index contributed by atoms with van der Waals surface area (Å²) in [5, 5.41) is 13.8. The number of aryl methyl sites for hydroxylation is 1. The number of likely N-dealkylation sites (N-methyl/N-ethyl adjacent to an activating group) is 1. The smallest absolute Gasteiger partial charge is 0.253 e. The standard InChI is InChI=1S/C20H31N3O3/c1-16-5-4-6-17(13-16)23-9-7-20(25,8-10-23)15-22-11-12-26-19(2,14-22)18(24)21-3/h4-6,13,25H,7-12,14-15H2,1-3H3,(H,21,24)/t19-/m0/s1. The van der Waals surface area contributed by atoms with E-state index < -0.39 is 11.2 Å². The van der Waals surface area contributed by atoms with Crippen molar-refractivity contribution < 1.29 is 14.6 Å². The molecule has 2 aliphatic rings. The van der Waals surface area contributed by atoms with Crippen LogP contribution in [0.5, 0.6) is 0 Å². The Balaban J connectivity index is 1.58. The molecule has 0 spiro atoms. The summed E-state index contributed by atoms with van der Waals surface area (Å²) in [4.78, 5) is 16.6. The van der Waals surface area contributed by atoms with Crippen LogP contribution >= 0.6 is 0 Å². The van der Waals surface area contributed by atoms with Crippen LogP contribution in [-0.4, -0.2) is 73.5 Å². The van der Waals surface area contributed by atoms with E-state index in [-0.39, 0.29) is 5.91 Å². The van der Waals surface area contributed by atoms with E-state index in [4.69, 9.17) is 4.74 Å². The maximum absolute atomic E-state index is 12.1. The lowest BCUT2D eigenvalue weighted by Gasteiger charge is -2.45. The van der Waals surface area contributed by atoms with Crippen LogP contribution in [0.25, 0.3) is 0 Å². The average molecular weight is 361 g/mol. The van der Waals surface area contributed by atoms with Gasteiger partial charge >= 0.3 is 0 Å². The molecule has 2 saturated heterocycles. The van der Waals surface area contributed by atoms with Crippen LogP contribution in [0.4, 0.5) is 5.69 Å². The molecular weight excluding hydrogens is 330 g/mol. The molecule has 2 fully saturated rings. The van der Waals surface area contributed by atoms with Crippen molar-refractivity contribution in [1.82, 2.24) is 10.2 Å². The summed E-state index contributed by atoms with van der Waals surface area (Å²) < 4.78 is 5.71. The van der Waals surface area contributed by atoms with Gasteiger partial charge in [0.05, 0.1) is 12.2 Å². The lowest BCUT2D eigenvalue weighted by atomic mass is 9.89. The Morgan fingerprint density at radius 2 is 2.04 bits per heavy atom. The molecule has 1 aromatic rings. The number of aliphatic hydroxyl groups is 1. The zero-order valence-corrected chi connectivity index (χ0v) is 16.1. The third-order valence-electron chi connectivity index (χ3n) is 5.64. The molecule has 1 aromatic carbocycles. The minimum Gasteiger partial charge on any atom is -0.388 e. The molecule has 2 N–H and O–H groups in total. The Morgan fingerprint density at radius 3 is 2.69 bits per heavy atom. The molecule has 2 aliphatic heterocycles. The second-order valence-corrected chi connectivity index (χ2v) is 7.92. The number of nitrogens with zero attached hydrogens (tertiary/aromatic N) is 2.